The van der Waals surface area contributed by atoms with Gasteiger partial charge in [-0.15, -0.1) is 0 Å². The van der Waals surface area contributed by atoms with Crippen molar-refractivity contribution < 1.29 is 14.3 Å². The number of hydrogen-bond donors (Lipinski definition) is 0. The molecular weight excluding hydrogens is 302 g/mol. The first-order chi connectivity index (χ1) is 11.7. The third-order valence-electron chi connectivity index (χ3n) is 5.58. The van der Waals surface area contributed by atoms with E-state index in [4.69, 9.17) is 4.74 Å². The lowest BCUT2D eigenvalue weighted by atomic mass is 9.85. The van der Waals surface area contributed by atoms with E-state index < -0.39 is 0 Å². The van der Waals surface area contributed by atoms with Gasteiger partial charge in [0.15, 0.2) is 0 Å². The average molecular weight is 325 g/mol. The summed E-state index contributed by atoms with van der Waals surface area (Å²) in [7, 11) is 0. The molecule has 24 heavy (non-hydrogen) atoms. The third kappa shape index (κ3) is 2.36. The Balaban J connectivity index is 1.47. The van der Waals surface area contributed by atoms with Crippen LogP contribution >= 0.6 is 0 Å². The highest BCUT2D eigenvalue weighted by Crippen LogP contribution is 2.53. The van der Waals surface area contributed by atoms with Crippen molar-refractivity contribution in [1.29, 1.82) is 0 Å². The number of imide groups is 1. The molecule has 2 bridgehead atoms. The number of benzene rings is 1. The maximum atomic E-state index is 12.8. The van der Waals surface area contributed by atoms with Gasteiger partial charge >= 0.3 is 0 Å². The van der Waals surface area contributed by atoms with Gasteiger partial charge in [-0.2, -0.15) is 0 Å². The lowest BCUT2D eigenvalue weighted by Gasteiger charge is -2.17. The van der Waals surface area contributed by atoms with Crippen molar-refractivity contribution >= 4 is 17.5 Å². The first kappa shape index (κ1) is 15.4. The Kier molecular flexibility index (Phi) is 3.91. The Morgan fingerprint density at radius 1 is 1.00 bits per heavy atom. The van der Waals surface area contributed by atoms with Crippen LogP contribution in [0.25, 0.3) is 0 Å². The lowest BCUT2D eigenvalue weighted by molar-refractivity contribution is -0.123. The van der Waals surface area contributed by atoms with Gasteiger partial charge in [0, 0.05) is 0 Å². The summed E-state index contributed by atoms with van der Waals surface area (Å²) in [4.78, 5) is 26.9. The average Bonchev–Trinajstić information content (AvgIpc) is 3.27. The molecule has 1 saturated carbocycles. The lowest BCUT2D eigenvalue weighted by Crippen LogP contribution is -2.32. The maximum absolute atomic E-state index is 12.8. The van der Waals surface area contributed by atoms with E-state index in [0.29, 0.717) is 12.3 Å². The van der Waals surface area contributed by atoms with E-state index in [2.05, 4.69) is 19.1 Å². The smallest absolute Gasteiger partial charge is 0.238 e. The van der Waals surface area contributed by atoms with Crippen LogP contribution in [0.1, 0.15) is 32.6 Å². The standard InChI is InChI=1S/C20H23NO3/c1-2-3-4-11-24-16-9-7-15(8-10-16)21-19(22)17-13-5-6-14(12-13)18(17)20(21)23/h5-10,13-14,17-18H,2-4,11-12H2,1H3/t13-,14-,17+,18+/m1/s1. The summed E-state index contributed by atoms with van der Waals surface area (Å²) >= 11 is 0. The predicted molar refractivity (Wildman–Crippen MR) is 91.7 cm³/mol. The molecule has 4 heteroatoms. The number of carbonyl (C=O) groups is 2. The predicted octanol–water partition coefficient (Wildman–Crippen LogP) is 3.57. The molecule has 4 rings (SSSR count). The van der Waals surface area contributed by atoms with Crippen molar-refractivity contribution in [1.82, 2.24) is 0 Å². The van der Waals surface area contributed by atoms with Gasteiger partial charge in [-0.25, -0.2) is 0 Å². The minimum Gasteiger partial charge on any atom is -0.494 e. The molecule has 1 aliphatic heterocycles. The molecule has 1 heterocycles. The molecular formula is C20H23NO3. The van der Waals surface area contributed by atoms with Crippen molar-refractivity contribution in [2.75, 3.05) is 11.5 Å². The van der Waals surface area contributed by atoms with Crippen LogP contribution < -0.4 is 9.64 Å². The fraction of sp³-hybridized carbons (Fsp3) is 0.500. The summed E-state index contributed by atoms with van der Waals surface area (Å²) in [6.45, 7) is 2.86. The topological polar surface area (TPSA) is 46.6 Å². The monoisotopic (exact) mass is 325 g/mol. The zero-order valence-electron chi connectivity index (χ0n) is 14.0. The molecule has 2 aliphatic carbocycles. The van der Waals surface area contributed by atoms with E-state index >= 15 is 0 Å². The van der Waals surface area contributed by atoms with E-state index in [0.717, 1.165) is 25.0 Å². The number of anilines is 1. The number of rotatable bonds is 6. The van der Waals surface area contributed by atoms with Gasteiger partial charge in [0.25, 0.3) is 0 Å². The number of amides is 2. The van der Waals surface area contributed by atoms with E-state index in [9.17, 15) is 9.59 Å². The normalized spacial score (nSPS) is 30.3. The van der Waals surface area contributed by atoms with Crippen molar-refractivity contribution in [3.63, 3.8) is 0 Å². The van der Waals surface area contributed by atoms with Crippen molar-refractivity contribution in [2.45, 2.75) is 32.6 Å². The zero-order chi connectivity index (χ0) is 16.7. The van der Waals surface area contributed by atoms with Gasteiger partial charge in [-0.05, 0) is 48.9 Å². The quantitative estimate of drug-likeness (QED) is 0.456. The van der Waals surface area contributed by atoms with Crippen molar-refractivity contribution in [3.8, 4) is 5.75 Å². The highest BCUT2D eigenvalue weighted by Gasteiger charge is 2.59. The minimum absolute atomic E-state index is 0.0292. The summed E-state index contributed by atoms with van der Waals surface area (Å²) in [5, 5.41) is 0. The van der Waals surface area contributed by atoms with E-state index in [1.54, 1.807) is 0 Å². The fourth-order valence-electron chi connectivity index (χ4n) is 4.39. The van der Waals surface area contributed by atoms with Gasteiger partial charge in [0.05, 0.1) is 24.1 Å². The molecule has 3 aliphatic rings. The fourth-order valence-corrected chi connectivity index (χ4v) is 4.39. The highest BCUT2D eigenvalue weighted by atomic mass is 16.5. The van der Waals surface area contributed by atoms with Gasteiger partial charge in [-0.3, -0.25) is 14.5 Å². The van der Waals surface area contributed by atoms with Crippen LogP contribution in [0.5, 0.6) is 5.75 Å². The molecule has 0 spiro atoms. The zero-order valence-corrected chi connectivity index (χ0v) is 14.0. The molecule has 0 unspecified atom stereocenters. The minimum atomic E-state index is -0.141. The molecule has 126 valence electrons. The number of carbonyl (C=O) groups excluding carboxylic acids is 2. The second-order valence-corrected chi connectivity index (χ2v) is 7.06. The number of nitrogens with zero attached hydrogens (tertiary/aromatic N) is 1. The van der Waals surface area contributed by atoms with Crippen LogP contribution in [0.15, 0.2) is 36.4 Å². The number of fused-ring (bicyclic) bond motifs is 5. The summed E-state index contributed by atoms with van der Waals surface area (Å²) in [6, 6.07) is 7.34. The molecule has 0 N–H and O–H groups in total. The first-order valence-electron chi connectivity index (χ1n) is 8.99. The van der Waals surface area contributed by atoms with Gasteiger partial charge < -0.3 is 4.74 Å². The molecule has 2 amide bonds. The van der Waals surface area contributed by atoms with Gasteiger partial charge in [-0.1, -0.05) is 31.9 Å². The molecule has 1 aromatic carbocycles. The van der Waals surface area contributed by atoms with E-state index in [1.165, 1.54) is 11.3 Å². The van der Waals surface area contributed by atoms with E-state index in [1.807, 2.05) is 24.3 Å². The number of unbranched alkanes of at least 4 members (excludes halogenated alkanes) is 2. The van der Waals surface area contributed by atoms with Crippen molar-refractivity contribution in [2.24, 2.45) is 23.7 Å². The van der Waals surface area contributed by atoms with Gasteiger partial charge in [0.1, 0.15) is 5.75 Å². The largest absolute Gasteiger partial charge is 0.494 e. The molecule has 1 aromatic rings. The number of hydrogen-bond acceptors (Lipinski definition) is 3. The van der Waals surface area contributed by atoms with Crippen LogP contribution in [0, 0.1) is 23.7 Å². The first-order valence-corrected chi connectivity index (χ1v) is 8.99. The highest BCUT2D eigenvalue weighted by molar-refractivity contribution is 6.22. The number of ether oxygens (including phenoxy) is 1. The number of allylic oxidation sites excluding steroid dienone is 2. The summed E-state index contributed by atoms with van der Waals surface area (Å²) in [6.07, 6.45) is 8.57. The Morgan fingerprint density at radius 3 is 2.21 bits per heavy atom. The molecule has 4 atom stereocenters. The second-order valence-electron chi connectivity index (χ2n) is 7.06. The molecule has 1 saturated heterocycles. The second kappa shape index (κ2) is 6.08. The van der Waals surface area contributed by atoms with Crippen LogP contribution in [0.2, 0.25) is 0 Å². The molecule has 0 aromatic heterocycles. The Bertz CT molecular complexity index is 649. The Hall–Kier alpha value is -2.10. The third-order valence-corrected chi connectivity index (χ3v) is 5.58. The molecule has 4 nitrogen and oxygen atoms in total. The summed E-state index contributed by atoms with van der Waals surface area (Å²) in [5.41, 5.74) is 0.666. The summed E-state index contributed by atoms with van der Waals surface area (Å²) in [5.74, 6) is 0.952. The maximum Gasteiger partial charge on any atom is 0.238 e. The van der Waals surface area contributed by atoms with Crippen molar-refractivity contribution in [3.05, 3.63) is 36.4 Å². The van der Waals surface area contributed by atoms with Crippen LogP contribution in [0.4, 0.5) is 5.69 Å². The van der Waals surface area contributed by atoms with Gasteiger partial charge in [0.2, 0.25) is 11.8 Å². The Labute approximate surface area is 142 Å². The van der Waals surface area contributed by atoms with Crippen LogP contribution in [0.3, 0.4) is 0 Å². The SMILES string of the molecule is CCCCCOc1ccc(N2C(=O)[C@@H]3[C@@H](C2=O)[C@@H]2C=C[C@@H]3C2)cc1. The molecule has 2 fully saturated rings. The summed E-state index contributed by atoms with van der Waals surface area (Å²) < 4.78 is 5.70. The van der Waals surface area contributed by atoms with Crippen LogP contribution in [-0.4, -0.2) is 18.4 Å². The van der Waals surface area contributed by atoms with Crippen LogP contribution in [-0.2, 0) is 9.59 Å². The molecule has 0 radical (unpaired) electrons. The Morgan fingerprint density at radius 2 is 1.62 bits per heavy atom. The van der Waals surface area contributed by atoms with E-state index in [-0.39, 0.29) is 35.5 Å².